The van der Waals surface area contributed by atoms with Crippen LogP contribution in [-0.4, -0.2) is 56.7 Å². The number of para-hydroxylation sites is 1. The minimum atomic E-state index is -3.12. The van der Waals surface area contributed by atoms with Crippen molar-refractivity contribution in [2.45, 2.75) is 33.2 Å². The number of esters is 1. The SMILES string of the molecule is CCc1cccc(C)c1N[C@@H](C)C(=O)OCCS(C)(=O)=O.NCC(=O)O. The molecular weight excluding hydrogens is 360 g/mol. The summed E-state index contributed by atoms with van der Waals surface area (Å²) in [5, 5.41) is 10.8. The lowest BCUT2D eigenvalue weighted by molar-refractivity contribution is -0.143. The van der Waals surface area contributed by atoms with Crippen LogP contribution in [0.4, 0.5) is 5.69 Å². The molecule has 0 saturated heterocycles. The van der Waals surface area contributed by atoms with Crippen molar-refractivity contribution in [3.05, 3.63) is 29.3 Å². The maximum Gasteiger partial charge on any atom is 0.328 e. The Morgan fingerprint density at radius 3 is 2.38 bits per heavy atom. The number of sulfone groups is 1. The third kappa shape index (κ3) is 10.00. The highest BCUT2D eigenvalue weighted by atomic mass is 32.2. The van der Waals surface area contributed by atoms with Crippen LogP contribution >= 0.6 is 0 Å². The summed E-state index contributed by atoms with van der Waals surface area (Å²) in [4.78, 5) is 21.1. The number of hydrogen-bond donors (Lipinski definition) is 3. The number of aryl methyl sites for hydroxylation is 2. The molecule has 26 heavy (non-hydrogen) atoms. The van der Waals surface area contributed by atoms with Gasteiger partial charge < -0.3 is 20.9 Å². The summed E-state index contributed by atoms with van der Waals surface area (Å²) in [6.07, 6.45) is 1.98. The summed E-state index contributed by atoms with van der Waals surface area (Å²) in [6, 6.07) is 5.44. The monoisotopic (exact) mass is 388 g/mol. The second-order valence-corrected chi connectivity index (χ2v) is 7.98. The van der Waals surface area contributed by atoms with Crippen molar-refractivity contribution in [1.82, 2.24) is 0 Å². The predicted octanol–water partition coefficient (Wildman–Crippen LogP) is 0.975. The molecule has 8 nitrogen and oxygen atoms in total. The maximum atomic E-state index is 11.9. The van der Waals surface area contributed by atoms with Crippen LogP contribution in [0.15, 0.2) is 18.2 Å². The number of ether oxygens (including phenoxy) is 1. The summed E-state index contributed by atoms with van der Waals surface area (Å²) < 4.78 is 27.0. The minimum Gasteiger partial charge on any atom is -0.480 e. The number of nitrogens with two attached hydrogens (primary N) is 1. The van der Waals surface area contributed by atoms with Gasteiger partial charge in [0.15, 0.2) is 9.84 Å². The maximum absolute atomic E-state index is 11.9. The first kappa shape index (κ1) is 23.9. The number of benzene rings is 1. The van der Waals surface area contributed by atoms with E-state index in [4.69, 9.17) is 9.84 Å². The molecule has 1 aromatic carbocycles. The zero-order valence-electron chi connectivity index (χ0n) is 15.6. The Morgan fingerprint density at radius 1 is 1.35 bits per heavy atom. The van der Waals surface area contributed by atoms with Crippen molar-refractivity contribution in [3.63, 3.8) is 0 Å². The Labute approximate surface area is 154 Å². The number of nitrogens with one attached hydrogen (secondary N) is 1. The highest BCUT2D eigenvalue weighted by Crippen LogP contribution is 2.22. The van der Waals surface area contributed by atoms with Gasteiger partial charge in [0.1, 0.15) is 12.6 Å². The smallest absolute Gasteiger partial charge is 0.328 e. The Kier molecular flexibility index (Phi) is 10.5. The molecule has 148 valence electrons. The van der Waals surface area contributed by atoms with E-state index in [1.54, 1.807) is 6.92 Å². The first-order valence-corrected chi connectivity index (χ1v) is 10.2. The predicted molar refractivity (Wildman–Crippen MR) is 101 cm³/mol. The van der Waals surface area contributed by atoms with Crippen LogP contribution in [-0.2, 0) is 30.6 Å². The number of carbonyl (C=O) groups is 2. The van der Waals surface area contributed by atoms with Gasteiger partial charge in [0, 0.05) is 11.9 Å². The molecule has 0 unspecified atom stereocenters. The minimum absolute atomic E-state index is 0.113. The van der Waals surface area contributed by atoms with Crippen molar-refractivity contribution in [3.8, 4) is 0 Å². The number of anilines is 1. The van der Waals surface area contributed by atoms with E-state index in [0.29, 0.717) is 0 Å². The Bertz CT molecular complexity index is 703. The normalized spacial score (nSPS) is 11.7. The van der Waals surface area contributed by atoms with E-state index < -0.39 is 27.8 Å². The third-order valence-electron chi connectivity index (χ3n) is 3.33. The van der Waals surface area contributed by atoms with Crippen molar-refractivity contribution < 1.29 is 27.9 Å². The van der Waals surface area contributed by atoms with Gasteiger partial charge in [-0.25, -0.2) is 13.2 Å². The van der Waals surface area contributed by atoms with Crippen LogP contribution in [0.3, 0.4) is 0 Å². The molecule has 1 aromatic rings. The van der Waals surface area contributed by atoms with Gasteiger partial charge in [0.05, 0.1) is 12.3 Å². The molecule has 0 aliphatic carbocycles. The van der Waals surface area contributed by atoms with Crippen molar-refractivity contribution >= 4 is 27.5 Å². The average molecular weight is 388 g/mol. The third-order valence-corrected chi connectivity index (χ3v) is 4.24. The van der Waals surface area contributed by atoms with E-state index in [0.717, 1.165) is 29.5 Å². The highest BCUT2D eigenvalue weighted by molar-refractivity contribution is 7.90. The summed E-state index contributed by atoms with van der Waals surface area (Å²) in [6.45, 7) is 5.34. The molecule has 4 N–H and O–H groups in total. The van der Waals surface area contributed by atoms with E-state index in [1.165, 1.54) is 0 Å². The quantitative estimate of drug-likeness (QED) is 0.561. The Balaban J connectivity index is 0.00000110. The zero-order chi connectivity index (χ0) is 20.3. The number of rotatable bonds is 8. The lowest BCUT2D eigenvalue weighted by Gasteiger charge is -2.18. The van der Waals surface area contributed by atoms with Gasteiger partial charge >= 0.3 is 11.9 Å². The van der Waals surface area contributed by atoms with Crippen LogP contribution in [0.5, 0.6) is 0 Å². The molecule has 0 fully saturated rings. The van der Waals surface area contributed by atoms with Crippen LogP contribution < -0.4 is 11.1 Å². The van der Waals surface area contributed by atoms with Gasteiger partial charge in [-0.15, -0.1) is 0 Å². The number of carboxylic acids is 1. The molecule has 0 amide bonds. The molecule has 0 aliphatic heterocycles. The summed E-state index contributed by atoms with van der Waals surface area (Å²) in [5.41, 5.74) is 7.70. The molecule has 0 saturated carbocycles. The standard InChI is InChI=1S/C15H23NO4S.C2H5NO2/c1-5-13-8-6-7-11(2)14(13)16-12(3)15(17)20-9-10-21(4,18)19;3-1-2(4)5/h6-8,12,16H,5,9-10H2,1-4H3;1,3H2,(H,4,5)/t12-;/m0./s1. The van der Waals surface area contributed by atoms with Gasteiger partial charge in [-0.3, -0.25) is 4.79 Å². The van der Waals surface area contributed by atoms with E-state index in [2.05, 4.69) is 18.0 Å². The highest BCUT2D eigenvalue weighted by Gasteiger charge is 2.17. The summed E-state index contributed by atoms with van der Waals surface area (Å²) in [5.74, 6) is -1.58. The van der Waals surface area contributed by atoms with E-state index in [1.807, 2.05) is 25.1 Å². The van der Waals surface area contributed by atoms with Gasteiger partial charge in [0.2, 0.25) is 0 Å². The van der Waals surface area contributed by atoms with Crippen molar-refractivity contribution in [2.75, 3.05) is 30.5 Å². The molecule has 0 spiro atoms. The van der Waals surface area contributed by atoms with E-state index in [-0.39, 0.29) is 18.9 Å². The summed E-state index contributed by atoms with van der Waals surface area (Å²) in [7, 11) is -3.12. The lowest BCUT2D eigenvalue weighted by atomic mass is 10.1. The van der Waals surface area contributed by atoms with E-state index >= 15 is 0 Å². The summed E-state index contributed by atoms with van der Waals surface area (Å²) >= 11 is 0. The second kappa shape index (κ2) is 11.5. The van der Waals surface area contributed by atoms with Gasteiger partial charge in [-0.05, 0) is 31.4 Å². The van der Waals surface area contributed by atoms with Gasteiger partial charge in [-0.1, -0.05) is 25.1 Å². The molecule has 0 aliphatic rings. The largest absolute Gasteiger partial charge is 0.480 e. The van der Waals surface area contributed by atoms with Crippen LogP contribution in [0.1, 0.15) is 25.0 Å². The fourth-order valence-corrected chi connectivity index (χ4v) is 2.31. The molecule has 0 aromatic heterocycles. The zero-order valence-corrected chi connectivity index (χ0v) is 16.4. The van der Waals surface area contributed by atoms with Gasteiger partial charge in [0.25, 0.3) is 0 Å². The molecule has 0 bridgehead atoms. The van der Waals surface area contributed by atoms with Crippen molar-refractivity contribution in [1.29, 1.82) is 0 Å². The first-order chi connectivity index (χ1) is 12.0. The van der Waals surface area contributed by atoms with E-state index in [9.17, 15) is 18.0 Å². The second-order valence-electron chi connectivity index (χ2n) is 5.72. The molecular formula is C17H28N2O6S. The first-order valence-electron chi connectivity index (χ1n) is 8.13. The topological polar surface area (TPSA) is 136 Å². The fraction of sp³-hybridized carbons (Fsp3) is 0.529. The molecule has 1 atom stereocenters. The van der Waals surface area contributed by atoms with Gasteiger partial charge in [-0.2, -0.15) is 0 Å². The molecule has 0 heterocycles. The number of carboxylic acid groups (broad SMARTS) is 1. The molecule has 1 rings (SSSR count). The molecule has 9 heteroatoms. The van der Waals surface area contributed by atoms with Crippen LogP contribution in [0.25, 0.3) is 0 Å². The van der Waals surface area contributed by atoms with Crippen LogP contribution in [0, 0.1) is 6.92 Å². The van der Waals surface area contributed by atoms with Crippen LogP contribution in [0.2, 0.25) is 0 Å². The average Bonchev–Trinajstić information content (AvgIpc) is 2.55. The fourth-order valence-electron chi connectivity index (χ4n) is 1.92. The number of carbonyl (C=O) groups excluding carboxylic acids is 1. The lowest BCUT2D eigenvalue weighted by Crippen LogP contribution is -2.30. The molecule has 0 radical (unpaired) electrons. The number of aliphatic carboxylic acids is 1. The Morgan fingerprint density at radius 2 is 1.92 bits per heavy atom. The number of hydrogen-bond acceptors (Lipinski definition) is 7. The Hall–Kier alpha value is -2.13. The van der Waals surface area contributed by atoms with Crippen molar-refractivity contribution in [2.24, 2.45) is 5.73 Å².